The number of aryl methyl sites for hydroxylation is 1. The van der Waals surface area contributed by atoms with E-state index in [4.69, 9.17) is 5.11 Å². The highest BCUT2D eigenvalue weighted by Crippen LogP contribution is 2.20. The van der Waals surface area contributed by atoms with Gasteiger partial charge in [-0.3, -0.25) is 4.79 Å². The van der Waals surface area contributed by atoms with Gasteiger partial charge in [-0.25, -0.2) is 0 Å². The molecule has 0 saturated carbocycles. The molecule has 92 valence electrons. The van der Waals surface area contributed by atoms with Gasteiger partial charge in [0.05, 0.1) is 0 Å². The van der Waals surface area contributed by atoms with Gasteiger partial charge in [0.25, 0.3) is 0 Å². The van der Waals surface area contributed by atoms with Crippen molar-refractivity contribution in [1.29, 1.82) is 0 Å². The smallest absolute Gasteiger partial charge is 0.303 e. The van der Waals surface area contributed by atoms with Crippen LogP contribution in [0.4, 0.5) is 0 Å². The average Bonchev–Trinajstić information content (AvgIpc) is 2.40. The molecule has 1 N–H and O–H groups in total. The van der Waals surface area contributed by atoms with Crippen LogP contribution in [0.5, 0.6) is 0 Å². The number of carboxylic acid groups (broad SMARTS) is 1. The third kappa shape index (κ3) is 3.45. The molecule has 0 amide bonds. The van der Waals surface area contributed by atoms with Crippen LogP contribution in [-0.2, 0) is 11.2 Å². The predicted octanol–water partition coefficient (Wildman–Crippen LogP) is 3.76. The van der Waals surface area contributed by atoms with E-state index in [1.54, 1.807) is 0 Å². The quantitative estimate of drug-likeness (QED) is 0.864. The highest BCUT2D eigenvalue weighted by molar-refractivity contribution is 5.66. The first kappa shape index (κ1) is 12.4. The van der Waals surface area contributed by atoms with Crippen LogP contribution in [0.15, 0.2) is 54.6 Å². The highest BCUT2D eigenvalue weighted by atomic mass is 16.4. The second-order valence-corrected chi connectivity index (χ2v) is 4.31. The third-order valence-corrected chi connectivity index (χ3v) is 2.89. The van der Waals surface area contributed by atoms with Crippen LogP contribution in [0.3, 0.4) is 0 Å². The van der Waals surface area contributed by atoms with Crippen LogP contribution in [0.25, 0.3) is 11.1 Å². The molecule has 18 heavy (non-hydrogen) atoms. The maximum atomic E-state index is 10.5. The van der Waals surface area contributed by atoms with E-state index in [1.165, 1.54) is 16.7 Å². The minimum absolute atomic E-state index is 0.232. The Morgan fingerprint density at radius 2 is 1.67 bits per heavy atom. The lowest BCUT2D eigenvalue weighted by molar-refractivity contribution is -0.137. The molecule has 2 nitrogen and oxygen atoms in total. The molecule has 2 heteroatoms. The molecule has 0 radical (unpaired) electrons. The minimum Gasteiger partial charge on any atom is -0.481 e. The fourth-order valence-electron chi connectivity index (χ4n) is 1.98. The Morgan fingerprint density at radius 3 is 2.39 bits per heavy atom. The molecule has 0 aliphatic carbocycles. The Labute approximate surface area is 107 Å². The Balaban J connectivity index is 2.08. The van der Waals surface area contributed by atoms with Gasteiger partial charge in [-0.1, -0.05) is 54.6 Å². The molecular weight excluding hydrogens is 224 g/mol. The van der Waals surface area contributed by atoms with Gasteiger partial charge < -0.3 is 5.11 Å². The summed E-state index contributed by atoms with van der Waals surface area (Å²) in [5, 5.41) is 8.62. The molecule has 0 aliphatic rings. The van der Waals surface area contributed by atoms with Crippen LogP contribution in [-0.4, -0.2) is 11.1 Å². The SMILES string of the molecule is O=C(O)CCCc1cccc(-c2ccccc2)c1. The van der Waals surface area contributed by atoms with Crippen molar-refractivity contribution in [3.8, 4) is 11.1 Å². The van der Waals surface area contributed by atoms with Crippen LogP contribution in [0.2, 0.25) is 0 Å². The molecule has 0 saturated heterocycles. The second kappa shape index (κ2) is 6.01. The standard InChI is InChI=1S/C16H16O2/c17-16(18)11-5-7-13-6-4-10-15(12-13)14-8-2-1-3-9-14/h1-4,6,8-10,12H,5,7,11H2,(H,17,18). The first-order chi connectivity index (χ1) is 8.75. The van der Waals surface area contributed by atoms with E-state index in [2.05, 4.69) is 24.3 Å². The second-order valence-electron chi connectivity index (χ2n) is 4.31. The fourth-order valence-corrected chi connectivity index (χ4v) is 1.98. The van der Waals surface area contributed by atoms with E-state index in [9.17, 15) is 4.79 Å². The maximum absolute atomic E-state index is 10.5. The summed E-state index contributed by atoms with van der Waals surface area (Å²) in [7, 11) is 0. The number of benzene rings is 2. The Kier molecular flexibility index (Phi) is 4.13. The molecule has 0 atom stereocenters. The molecule has 2 aromatic rings. The number of hydrogen-bond acceptors (Lipinski definition) is 1. The van der Waals surface area contributed by atoms with Crippen molar-refractivity contribution in [2.24, 2.45) is 0 Å². The van der Waals surface area contributed by atoms with Gasteiger partial charge in [0.1, 0.15) is 0 Å². The van der Waals surface area contributed by atoms with E-state index in [0.717, 1.165) is 6.42 Å². The lowest BCUT2D eigenvalue weighted by Gasteiger charge is -2.05. The molecule has 0 fully saturated rings. The van der Waals surface area contributed by atoms with Gasteiger partial charge in [-0.15, -0.1) is 0 Å². The van der Waals surface area contributed by atoms with E-state index < -0.39 is 5.97 Å². The summed E-state index contributed by atoms with van der Waals surface area (Å²) in [6, 6.07) is 18.5. The van der Waals surface area contributed by atoms with E-state index in [-0.39, 0.29) is 6.42 Å². The number of carboxylic acids is 1. The molecule has 2 rings (SSSR count). The van der Waals surface area contributed by atoms with E-state index in [1.807, 2.05) is 30.3 Å². The van der Waals surface area contributed by atoms with Gasteiger partial charge in [0.15, 0.2) is 0 Å². The minimum atomic E-state index is -0.728. The summed E-state index contributed by atoms with van der Waals surface area (Å²) in [5.74, 6) is -0.728. The number of hydrogen-bond donors (Lipinski definition) is 1. The van der Waals surface area contributed by atoms with Crippen LogP contribution >= 0.6 is 0 Å². The summed E-state index contributed by atoms with van der Waals surface area (Å²) in [5.41, 5.74) is 3.57. The third-order valence-electron chi connectivity index (χ3n) is 2.89. The summed E-state index contributed by atoms with van der Waals surface area (Å²) in [4.78, 5) is 10.5. The number of carbonyl (C=O) groups is 1. The zero-order valence-electron chi connectivity index (χ0n) is 10.2. The van der Waals surface area contributed by atoms with Gasteiger partial charge in [0.2, 0.25) is 0 Å². The van der Waals surface area contributed by atoms with Crippen LogP contribution in [0, 0.1) is 0 Å². The highest BCUT2D eigenvalue weighted by Gasteiger charge is 2.01. The number of aliphatic carboxylic acids is 1. The van der Waals surface area contributed by atoms with Crippen LogP contribution in [0.1, 0.15) is 18.4 Å². The summed E-state index contributed by atoms with van der Waals surface area (Å²) in [6.45, 7) is 0. The number of rotatable bonds is 5. The molecule has 0 aromatic heterocycles. The molecular formula is C16H16O2. The van der Waals surface area contributed by atoms with E-state index >= 15 is 0 Å². The zero-order valence-corrected chi connectivity index (χ0v) is 10.2. The Morgan fingerprint density at radius 1 is 0.944 bits per heavy atom. The van der Waals surface area contributed by atoms with Gasteiger partial charge in [-0.05, 0) is 29.5 Å². The summed E-state index contributed by atoms with van der Waals surface area (Å²) >= 11 is 0. The zero-order chi connectivity index (χ0) is 12.8. The van der Waals surface area contributed by atoms with Gasteiger partial charge in [-0.2, -0.15) is 0 Å². The van der Waals surface area contributed by atoms with Crippen molar-refractivity contribution in [2.75, 3.05) is 0 Å². The Bertz CT molecular complexity index is 518. The topological polar surface area (TPSA) is 37.3 Å². The lowest BCUT2D eigenvalue weighted by atomic mass is 10.0. The van der Waals surface area contributed by atoms with Crippen molar-refractivity contribution in [2.45, 2.75) is 19.3 Å². The van der Waals surface area contributed by atoms with Crippen molar-refractivity contribution in [3.63, 3.8) is 0 Å². The lowest BCUT2D eigenvalue weighted by Crippen LogP contribution is -1.95. The van der Waals surface area contributed by atoms with Crippen molar-refractivity contribution < 1.29 is 9.90 Å². The fraction of sp³-hybridized carbons (Fsp3) is 0.188. The van der Waals surface area contributed by atoms with Gasteiger partial charge >= 0.3 is 5.97 Å². The van der Waals surface area contributed by atoms with Crippen LogP contribution < -0.4 is 0 Å². The Hall–Kier alpha value is -2.09. The average molecular weight is 240 g/mol. The molecule has 0 heterocycles. The normalized spacial score (nSPS) is 10.2. The summed E-state index contributed by atoms with van der Waals surface area (Å²) in [6.07, 6.45) is 1.73. The molecule has 0 unspecified atom stereocenters. The summed E-state index contributed by atoms with van der Waals surface area (Å²) < 4.78 is 0. The van der Waals surface area contributed by atoms with E-state index in [0.29, 0.717) is 6.42 Å². The van der Waals surface area contributed by atoms with Crippen molar-refractivity contribution in [1.82, 2.24) is 0 Å². The maximum Gasteiger partial charge on any atom is 0.303 e. The first-order valence-electron chi connectivity index (χ1n) is 6.12. The molecule has 0 aliphatic heterocycles. The van der Waals surface area contributed by atoms with Crippen molar-refractivity contribution in [3.05, 3.63) is 60.2 Å². The van der Waals surface area contributed by atoms with Gasteiger partial charge in [0, 0.05) is 6.42 Å². The first-order valence-corrected chi connectivity index (χ1v) is 6.12. The molecule has 0 bridgehead atoms. The predicted molar refractivity (Wildman–Crippen MR) is 72.5 cm³/mol. The molecule has 2 aromatic carbocycles. The largest absolute Gasteiger partial charge is 0.481 e. The monoisotopic (exact) mass is 240 g/mol. The van der Waals surface area contributed by atoms with Crippen molar-refractivity contribution >= 4 is 5.97 Å². The molecule has 0 spiro atoms.